The third-order valence-corrected chi connectivity index (χ3v) is 3.55. The van der Waals surface area contributed by atoms with Crippen molar-refractivity contribution in [2.75, 3.05) is 0 Å². The van der Waals surface area contributed by atoms with Crippen molar-refractivity contribution in [2.24, 2.45) is 0 Å². The fraction of sp³-hybridized carbons (Fsp3) is 0.278. The van der Waals surface area contributed by atoms with Gasteiger partial charge in [0.15, 0.2) is 0 Å². The van der Waals surface area contributed by atoms with Crippen LogP contribution in [0, 0.1) is 0 Å². The zero-order valence-corrected chi connectivity index (χ0v) is 13.3. The molecule has 1 aromatic heterocycles. The highest BCUT2D eigenvalue weighted by Crippen LogP contribution is 2.38. The molecule has 0 aliphatic carbocycles. The number of imide groups is 1. The molecule has 0 saturated heterocycles. The summed E-state index contributed by atoms with van der Waals surface area (Å²) in [5.41, 5.74) is 1.41. The quantitative estimate of drug-likeness (QED) is 0.808. The Labute approximate surface area is 134 Å². The van der Waals surface area contributed by atoms with Crippen molar-refractivity contribution in [1.82, 2.24) is 9.88 Å². The van der Waals surface area contributed by atoms with Gasteiger partial charge in [0, 0.05) is 18.0 Å². The van der Waals surface area contributed by atoms with Crippen molar-refractivity contribution in [3.8, 4) is 0 Å². The van der Waals surface area contributed by atoms with E-state index < -0.39 is 17.7 Å². The molecule has 1 atom stereocenters. The lowest BCUT2D eigenvalue weighted by Gasteiger charge is -2.27. The van der Waals surface area contributed by atoms with Crippen molar-refractivity contribution in [1.29, 1.82) is 0 Å². The molecule has 0 saturated carbocycles. The lowest BCUT2D eigenvalue weighted by atomic mass is 9.99. The zero-order chi connectivity index (χ0) is 16.6. The zero-order valence-electron chi connectivity index (χ0n) is 13.3. The number of nitrogens with zero attached hydrogens (tertiary/aromatic N) is 2. The third-order valence-electron chi connectivity index (χ3n) is 3.55. The lowest BCUT2D eigenvalue weighted by Crippen LogP contribution is -2.39. The summed E-state index contributed by atoms with van der Waals surface area (Å²) < 4.78 is 5.42. The molecule has 23 heavy (non-hydrogen) atoms. The molecule has 5 nitrogen and oxygen atoms in total. The molecule has 1 aliphatic heterocycles. The molecule has 0 radical (unpaired) electrons. The summed E-state index contributed by atoms with van der Waals surface area (Å²) in [7, 11) is 0. The van der Waals surface area contributed by atoms with E-state index in [1.807, 2.05) is 18.2 Å². The maximum absolute atomic E-state index is 12.7. The number of benzene rings is 1. The second-order valence-corrected chi connectivity index (χ2v) is 6.43. The minimum Gasteiger partial charge on any atom is -0.443 e. The van der Waals surface area contributed by atoms with Crippen LogP contribution in [0.1, 0.15) is 48.3 Å². The van der Waals surface area contributed by atoms with Crippen LogP contribution in [0.25, 0.3) is 0 Å². The van der Waals surface area contributed by atoms with Gasteiger partial charge in [-0.05, 0) is 44.0 Å². The summed E-state index contributed by atoms with van der Waals surface area (Å²) >= 11 is 0. The van der Waals surface area contributed by atoms with Crippen LogP contribution < -0.4 is 0 Å². The largest absolute Gasteiger partial charge is 0.443 e. The first kappa shape index (κ1) is 15.2. The molecule has 2 aromatic rings. The van der Waals surface area contributed by atoms with E-state index in [-0.39, 0.29) is 5.91 Å². The minimum absolute atomic E-state index is 0.344. The molecule has 1 aliphatic rings. The van der Waals surface area contributed by atoms with Crippen LogP contribution in [-0.2, 0) is 4.74 Å². The maximum Gasteiger partial charge on any atom is 0.418 e. The Morgan fingerprint density at radius 1 is 1.17 bits per heavy atom. The molecular weight excluding hydrogens is 292 g/mol. The number of ether oxygens (including phenoxy) is 1. The number of fused-ring (bicyclic) bond motifs is 1. The van der Waals surface area contributed by atoms with Crippen LogP contribution in [0.15, 0.2) is 48.8 Å². The first-order valence-corrected chi connectivity index (χ1v) is 7.44. The number of hydrogen-bond acceptors (Lipinski definition) is 4. The fourth-order valence-electron chi connectivity index (χ4n) is 2.68. The van der Waals surface area contributed by atoms with E-state index in [1.54, 1.807) is 51.4 Å². The van der Waals surface area contributed by atoms with E-state index in [1.165, 1.54) is 4.90 Å². The summed E-state index contributed by atoms with van der Waals surface area (Å²) in [6.45, 7) is 5.33. The molecule has 1 unspecified atom stereocenters. The van der Waals surface area contributed by atoms with Gasteiger partial charge in [0.1, 0.15) is 5.60 Å². The van der Waals surface area contributed by atoms with Crippen molar-refractivity contribution in [3.05, 3.63) is 65.5 Å². The first-order valence-electron chi connectivity index (χ1n) is 7.44. The SMILES string of the molecule is CC(C)(C)OC(=O)N1C(=O)c2ccccc2C1c1cccnc1. The van der Waals surface area contributed by atoms with Crippen LogP contribution in [0.5, 0.6) is 0 Å². The smallest absolute Gasteiger partial charge is 0.418 e. The summed E-state index contributed by atoms with van der Waals surface area (Å²) in [5.74, 6) is -0.344. The average Bonchev–Trinajstić information content (AvgIpc) is 2.80. The normalized spacial score (nSPS) is 17.1. The van der Waals surface area contributed by atoms with Crippen molar-refractivity contribution >= 4 is 12.0 Å². The Morgan fingerprint density at radius 3 is 2.57 bits per heavy atom. The predicted octanol–water partition coefficient (Wildman–Crippen LogP) is 3.56. The molecule has 118 valence electrons. The van der Waals surface area contributed by atoms with Gasteiger partial charge < -0.3 is 4.74 Å². The van der Waals surface area contributed by atoms with E-state index in [0.717, 1.165) is 11.1 Å². The van der Waals surface area contributed by atoms with Crippen LogP contribution in [0.4, 0.5) is 4.79 Å². The monoisotopic (exact) mass is 310 g/mol. The van der Waals surface area contributed by atoms with Gasteiger partial charge in [-0.2, -0.15) is 0 Å². The van der Waals surface area contributed by atoms with Crippen LogP contribution in [0.2, 0.25) is 0 Å². The van der Waals surface area contributed by atoms with Crippen LogP contribution in [0.3, 0.4) is 0 Å². The highest BCUT2D eigenvalue weighted by molar-refractivity contribution is 6.07. The highest BCUT2D eigenvalue weighted by atomic mass is 16.6. The third kappa shape index (κ3) is 2.82. The van der Waals surface area contributed by atoms with Gasteiger partial charge in [-0.1, -0.05) is 24.3 Å². The van der Waals surface area contributed by atoms with Crippen molar-refractivity contribution < 1.29 is 14.3 Å². The Morgan fingerprint density at radius 2 is 1.91 bits per heavy atom. The molecule has 0 spiro atoms. The number of pyridine rings is 1. The molecule has 3 rings (SSSR count). The number of hydrogen-bond donors (Lipinski definition) is 0. The summed E-state index contributed by atoms with van der Waals surface area (Å²) in [6, 6.07) is 10.4. The molecule has 2 heterocycles. The Balaban J connectivity index is 2.07. The molecule has 1 aromatic carbocycles. The van der Waals surface area contributed by atoms with Gasteiger partial charge in [0.25, 0.3) is 5.91 Å². The van der Waals surface area contributed by atoms with Gasteiger partial charge in [-0.3, -0.25) is 9.78 Å². The Hall–Kier alpha value is -2.69. The Bertz CT molecular complexity index is 750. The Kier molecular flexibility index (Phi) is 3.64. The second kappa shape index (κ2) is 5.50. The molecular formula is C18H18N2O3. The maximum atomic E-state index is 12.7. The molecule has 0 N–H and O–H groups in total. The molecule has 0 bridgehead atoms. The minimum atomic E-state index is -0.675. The summed E-state index contributed by atoms with van der Waals surface area (Å²) in [6.07, 6.45) is 2.68. The number of carbonyl (C=O) groups is 2. The first-order chi connectivity index (χ1) is 10.9. The summed E-state index contributed by atoms with van der Waals surface area (Å²) in [5, 5.41) is 0. The van der Waals surface area contributed by atoms with E-state index in [0.29, 0.717) is 5.56 Å². The van der Waals surface area contributed by atoms with Crippen LogP contribution in [-0.4, -0.2) is 27.5 Å². The number of amides is 2. The standard InChI is InChI=1S/C18H18N2O3/c1-18(2,3)23-17(22)20-15(12-7-6-10-19-11-12)13-8-4-5-9-14(13)16(20)21/h4-11,15H,1-3H3. The molecule has 0 fully saturated rings. The van der Waals surface area contributed by atoms with E-state index in [9.17, 15) is 9.59 Å². The number of aromatic nitrogens is 1. The van der Waals surface area contributed by atoms with Crippen LogP contribution >= 0.6 is 0 Å². The molecule has 5 heteroatoms. The summed E-state index contributed by atoms with van der Waals surface area (Å²) in [4.78, 5) is 30.6. The topological polar surface area (TPSA) is 59.5 Å². The number of carbonyl (C=O) groups excluding carboxylic acids is 2. The van der Waals surface area contributed by atoms with Gasteiger partial charge in [0.05, 0.1) is 6.04 Å². The molecule has 2 amide bonds. The number of rotatable bonds is 1. The second-order valence-electron chi connectivity index (χ2n) is 6.43. The van der Waals surface area contributed by atoms with E-state index in [2.05, 4.69) is 4.98 Å². The van der Waals surface area contributed by atoms with Gasteiger partial charge >= 0.3 is 6.09 Å². The fourth-order valence-corrected chi connectivity index (χ4v) is 2.68. The van der Waals surface area contributed by atoms with Gasteiger partial charge in [-0.25, -0.2) is 9.69 Å². The lowest BCUT2D eigenvalue weighted by molar-refractivity contribution is 0.0215. The van der Waals surface area contributed by atoms with Crippen molar-refractivity contribution in [3.63, 3.8) is 0 Å². The van der Waals surface area contributed by atoms with E-state index >= 15 is 0 Å². The van der Waals surface area contributed by atoms with E-state index in [4.69, 9.17) is 4.74 Å². The predicted molar refractivity (Wildman–Crippen MR) is 84.9 cm³/mol. The van der Waals surface area contributed by atoms with Gasteiger partial charge in [0.2, 0.25) is 0 Å². The average molecular weight is 310 g/mol. The van der Waals surface area contributed by atoms with Crippen molar-refractivity contribution in [2.45, 2.75) is 32.4 Å². The highest BCUT2D eigenvalue weighted by Gasteiger charge is 2.43. The van der Waals surface area contributed by atoms with Gasteiger partial charge in [-0.15, -0.1) is 0 Å².